The van der Waals surface area contributed by atoms with Gasteiger partial charge in [-0.2, -0.15) is 5.26 Å². The van der Waals surface area contributed by atoms with Crippen molar-refractivity contribution in [2.24, 2.45) is 0 Å². The summed E-state index contributed by atoms with van der Waals surface area (Å²) in [5.41, 5.74) is 0.599. The van der Waals surface area contributed by atoms with Crippen LogP contribution in [0.4, 0.5) is 5.69 Å². The van der Waals surface area contributed by atoms with E-state index in [0.29, 0.717) is 11.4 Å². The van der Waals surface area contributed by atoms with Crippen molar-refractivity contribution in [2.75, 3.05) is 12.4 Å². The summed E-state index contributed by atoms with van der Waals surface area (Å²) in [5.74, 6) is 0.300. The fourth-order valence-electron chi connectivity index (χ4n) is 1.03. The van der Waals surface area contributed by atoms with Crippen LogP contribution in [0.1, 0.15) is 6.42 Å². The second-order valence-corrected chi connectivity index (χ2v) is 3.68. The molecule has 1 aromatic carbocycles. The van der Waals surface area contributed by atoms with E-state index in [1.54, 1.807) is 31.4 Å². The predicted molar refractivity (Wildman–Crippen MR) is 59.6 cm³/mol. The first-order valence-electron chi connectivity index (χ1n) is 4.17. The maximum absolute atomic E-state index is 11.1. The van der Waals surface area contributed by atoms with Crippen molar-refractivity contribution < 1.29 is 9.53 Å². The minimum Gasteiger partial charge on any atom is -0.497 e. The topological polar surface area (TPSA) is 62.1 Å². The highest BCUT2D eigenvalue weighted by molar-refractivity contribution is 9.10. The van der Waals surface area contributed by atoms with Gasteiger partial charge in [0.25, 0.3) is 0 Å². The minimum absolute atomic E-state index is 0.158. The second kappa shape index (κ2) is 5.37. The van der Waals surface area contributed by atoms with Crippen molar-refractivity contribution in [3.05, 3.63) is 22.7 Å². The number of anilines is 1. The van der Waals surface area contributed by atoms with Gasteiger partial charge in [-0.15, -0.1) is 0 Å². The molecule has 0 radical (unpaired) electrons. The van der Waals surface area contributed by atoms with E-state index >= 15 is 0 Å². The van der Waals surface area contributed by atoms with Crippen LogP contribution in [0.25, 0.3) is 0 Å². The largest absolute Gasteiger partial charge is 0.497 e. The molecule has 0 saturated heterocycles. The number of nitrogens with one attached hydrogen (secondary N) is 1. The van der Waals surface area contributed by atoms with E-state index < -0.39 is 0 Å². The molecule has 78 valence electrons. The summed E-state index contributed by atoms with van der Waals surface area (Å²) in [7, 11) is 1.54. The second-order valence-electron chi connectivity index (χ2n) is 2.76. The summed E-state index contributed by atoms with van der Waals surface area (Å²) in [6.45, 7) is 0. The maximum atomic E-state index is 11.1. The third-order valence-electron chi connectivity index (χ3n) is 1.63. The lowest BCUT2D eigenvalue weighted by Crippen LogP contribution is -2.10. The van der Waals surface area contributed by atoms with E-state index in [9.17, 15) is 4.79 Å². The molecule has 0 spiro atoms. The summed E-state index contributed by atoms with van der Waals surface area (Å²) in [6, 6.07) is 6.97. The molecule has 0 aliphatic heterocycles. The highest BCUT2D eigenvalue weighted by Crippen LogP contribution is 2.24. The number of hydrogen-bond donors (Lipinski definition) is 1. The molecule has 0 atom stereocenters. The van der Waals surface area contributed by atoms with E-state index in [4.69, 9.17) is 10.00 Å². The number of halogens is 1. The van der Waals surface area contributed by atoms with Gasteiger partial charge in [0.15, 0.2) is 0 Å². The molecule has 0 aliphatic carbocycles. The van der Waals surface area contributed by atoms with Crippen molar-refractivity contribution in [1.82, 2.24) is 0 Å². The van der Waals surface area contributed by atoms with Crippen LogP contribution in [0.15, 0.2) is 22.7 Å². The lowest BCUT2D eigenvalue weighted by Gasteiger charge is -2.06. The number of rotatable bonds is 3. The van der Waals surface area contributed by atoms with Crippen molar-refractivity contribution >= 4 is 27.5 Å². The minimum atomic E-state index is -0.336. The van der Waals surface area contributed by atoms with Crippen molar-refractivity contribution in [3.8, 4) is 11.8 Å². The van der Waals surface area contributed by atoms with Crippen LogP contribution in [0.5, 0.6) is 5.75 Å². The van der Waals surface area contributed by atoms with Gasteiger partial charge in [0.1, 0.15) is 12.2 Å². The number of benzene rings is 1. The molecule has 1 aromatic rings. The first-order valence-corrected chi connectivity index (χ1v) is 4.96. The Morgan fingerprint density at radius 1 is 1.60 bits per heavy atom. The fourth-order valence-corrected chi connectivity index (χ4v) is 1.50. The molecule has 0 aromatic heterocycles. The van der Waals surface area contributed by atoms with Gasteiger partial charge in [-0.1, -0.05) is 15.9 Å². The Labute approximate surface area is 96.0 Å². The Kier molecular flexibility index (Phi) is 4.13. The number of methoxy groups -OCH3 is 1. The number of amides is 1. The Hall–Kier alpha value is -1.54. The predicted octanol–water partition coefficient (Wildman–Crippen LogP) is 2.31. The van der Waals surface area contributed by atoms with Crippen molar-refractivity contribution in [1.29, 1.82) is 5.26 Å². The first kappa shape index (κ1) is 11.5. The number of nitrogens with zero attached hydrogens (tertiary/aromatic N) is 1. The highest BCUT2D eigenvalue weighted by Gasteiger charge is 2.03. The smallest absolute Gasteiger partial charge is 0.238 e. The number of hydrogen-bond acceptors (Lipinski definition) is 3. The number of ether oxygens (including phenoxy) is 1. The number of carbonyl (C=O) groups is 1. The van der Waals surface area contributed by atoms with Crippen LogP contribution >= 0.6 is 15.9 Å². The maximum Gasteiger partial charge on any atom is 0.238 e. The Balaban J connectivity index is 2.81. The molecule has 0 saturated carbocycles. The van der Waals surface area contributed by atoms with Crippen LogP contribution in [-0.4, -0.2) is 13.0 Å². The molecule has 0 heterocycles. The molecular weight excluding hydrogens is 260 g/mol. The molecule has 1 amide bonds. The summed E-state index contributed by atoms with van der Waals surface area (Å²) in [6.07, 6.45) is -0.158. The van der Waals surface area contributed by atoms with Crippen molar-refractivity contribution in [2.45, 2.75) is 6.42 Å². The van der Waals surface area contributed by atoms with Crippen LogP contribution in [-0.2, 0) is 4.79 Å². The first-order chi connectivity index (χ1) is 7.15. The molecule has 1 rings (SSSR count). The summed E-state index contributed by atoms with van der Waals surface area (Å²) >= 11 is 3.29. The summed E-state index contributed by atoms with van der Waals surface area (Å²) < 4.78 is 5.83. The average Bonchev–Trinajstić information content (AvgIpc) is 2.17. The molecule has 1 N–H and O–H groups in total. The standard InChI is InChI=1S/C10H9BrN2O2/c1-15-9-5-7(11)4-8(6-9)13-10(14)2-3-12/h4-6H,2H2,1H3,(H,13,14). The van der Waals surface area contributed by atoms with Gasteiger partial charge in [-0.3, -0.25) is 4.79 Å². The van der Waals surface area contributed by atoms with E-state index in [-0.39, 0.29) is 12.3 Å². The molecule has 0 bridgehead atoms. The summed E-state index contributed by atoms with van der Waals surface area (Å²) in [5, 5.41) is 10.9. The normalized spacial score (nSPS) is 9.13. The van der Waals surface area contributed by atoms with Gasteiger partial charge in [-0.05, 0) is 12.1 Å². The zero-order valence-corrected chi connectivity index (χ0v) is 9.67. The highest BCUT2D eigenvalue weighted by atomic mass is 79.9. The Morgan fingerprint density at radius 2 is 2.33 bits per heavy atom. The van der Waals surface area contributed by atoms with Gasteiger partial charge >= 0.3 is 0 Å². The number of nitriles is 1. The van der Waals surface area contributed by atoms with Gasteiger partial charge in [0.05, 0.1) is 13.2 Å². The van der Waals surface area contributed by atoms with Crippen molar-refractivity contribution in [3.63, 3.8) is 0 Å². The van der Waals surface area contributed by atoms with Crippen LogP contribution in [0.3, 0.4) is 0 Å². The van der Waals surface area contributed by atoms with Gasteiger partial charge in [0, 0.05) is 16.2 Å². The van der Waals surface area contributed by atoms with Gasteiger partial charge < -0.3 is 10.1 Å². The number of carbonyl (C=O) groups excluding carboxylic acids is 1. The zero-order chi connectivity index (χ0) is 11.3. The van der Waals surface area contributed by atoms with Crippen LogP contribution < -0.4 is 10.1 Å². The average molecular weight is 269 g/mol. The fraction of sp³-hybridized carbons (Fsp3) is 0.200. The molecule has 0 fully saturated rings. The Bertz CT molecular complexity index is 412. The lowest BCUT2D eigenvalue weighted by molar-refractivity contribution is -0.115. The van der Waals surface area contributed by atoms with E-state index in [0.717, 1.165) is 4.47 Å². The van der Waals surface area contributed by atoms with Gasteiger partial charge in [-0.25, -0.2) is 0 Å². The SMILES string of the molecule is COc1cc(Br)cc(NC(=O)CC#N)c1. The van der Waals surface area contributed by atoms with E-state index in [2.05, 4.69) is 21.2 Å². The Morgan fingerprint density at radius 3 is 2.93 bits per heavy atom. The summed E-state index contributed by atoms with van der Waals surface area (Å²) in [4.78, 5) is 11.1. The van der Waals surface area contributed by atoms with Gasteiger partial charge in [0.2, 0.25) is 5.91 Å². The molecule has 0 aliphatic rings. The molecular formula is C10H9BrN2O2. The van der Waals surface area contributed by atoms with E-state index in [1.165, 1.54) is 0 Å². The molecule has 0 unspecified atom stereocenters. The monoisotopic (exact) mass is 268 g/mol. The molecule has 15 heavy (non-hydrogen) atoms. The molecule has 4 nitrogen and oxygen atoms in total. The van der Waals surface area contributed by atoms with E-state index in [1.807, 2.05) is 0 Å². The third kappa shape index (κ3) is 3.60. The lowest BCUT2D eigenvalue weighted by atomic mass is 10.3. The van der Waals surface area contributed by atoms with Crippen LogP contribution in [0.2, 0.25) is 0 Å². The van der Waals surface area contributed by atoms with Crippen LogP contribution in [0, 0.1) is 11.3 Å². The quantitative estimate of drug-likeness (QED) is 0.915. The molecule has 5 heteroatoms. The third-order valence-corrected chi connectivity index (χ3v) is 2.09. The zero-order valence-electron chi connectivity index (χ0n) is 8.08.